The summed E-state index contributed by atoms with van der Waals surface area (Å²) in [7, 11) is 0. The Morgan fingerprint density at radius 2 is 1.90 bits per heavy atom. The molecule has 2 fully saturated rings. The van der Waals surface area contributed by atoms with E-state index in [4.69, 9.17) is 15.2 Å². The van der Waals surface area contributed by atoms with Crippen molar-refractivity contribution in [3.8, 4) is 0 Å². The first-order chi connectivity index (χ1) is 9.77. The van der Waals surface area contributed by atoms with Gasteiger partial charge in [0.25, 0.3) is 0 Å². The molecule has 2 saturated carbocycles. The number of hydrogen-bond acceptors (Lipinski definition) is 4. The molecule has 1 heterocycles. The van der Waals surface area contributed by atoms with Crippen LogP contribution in [0.4, 0.5) is 0 Å². The van der Waals surface area contributed by atoms with Crippen molar-refractivity contribution >= 4 is 0 Å². The molecule has 4 heteroatoms. The maximum Gasteiger partial charge on any atom is 0.234 e. The SMILES string of the molecule is CCC1CCC(c2noc(C3(CN)CCCC3)n2)CC1. The Morgan fingerprint density at radius 3 is 2.50 bits per heavy atom. The minimum Gasteiger partial charge on any atom is -0.339 e. The third kappa shape index (κ3) is 2.50. The van der Waals surface area contributed by atoms with Crippen LogP contribution < -0.4 is 5.73 Å². The highest BCUT2D eigenvalue weighted by Gasteiger charge is 2.40. The number of aromatic nitrogens is 2. The van der Waals surface area contributed by atoms with Crippen molar-refractivity contribution in [3.63, 3.8) is 0 Å². The Kier molecular flexibility index (Phi) is 4.11. The summed E-state index contributed by atoms with van der Waals surface area (Å²) < 4.78 is 5.61. The van der Waals surface area contributed by atoms with Crippen molar-refractivity contribution in [2.45, 2.75) is 76.0 Å². The average Bonchev–Trinajstić information content (AvgIpc) is 3.17. The summed E-state index contributed by atoms with van der Waals surface area (Å²) in [6.07, 6.45) is 11.0. The van der Waals surface area contributed by atoms with Crippen molar-refractivity contribution < 1.29 is 4.52 Å². The van der Waals surface area contributed by atoms with Crippen LogP contribution in [0.1, 0.15) is 82.3 Å². The van der Waals surface area contributed by atoms with Gasteiger partial charge in [0.1, 0.15) is 0 Å². The summed E-state index contributed by atoms with van der Waals surface area (Å²) in [5.74, 6) is 3.16. The zero-order valence-electron chi connectivity index (χ0n) is 12.6. The molecule has 3 rings (SSSR count). The van der Waals surface area contributed by atoms with Crippen molar-refractivity contribution in [2.24, 2.45) is 11.7 Å². The van der Waals surface area contributed by atoms with Gasteiger partial charge in [-0.1, -0.05) is 31.3 Å². The maximum absolute atomic E-state index is 6.00. The molecule has 0 aliphatic heterocycles. The van der Waals surface area contributed by atoms with Gasteiger partial charge >= 0.3 is 0 Å². The number of hydrogen-bond donors (Lipinski definition) is 1. The van der Waals surface area contributed by atoms with Crippen LogP contribution in [-0.4, -0.2) is 16.7 Å². The van der Waals surface area contributed by atoms with Gasteiger partial charge in [0.2, 0.25) is 5.89 Å². The lowest BCUT2D eigenvalue weighted by molar-refractivity contribution is 0.276. The molecule has 0 atom stereocenters. The van der Waals surface area contributed by atoms with E-state index in [0.717, 1.165) is 30.5 Å². The third-order valence-corrected chi connectivity index (χ3v) is 5.64. The molecule has 0 aromatic carbocycles. The number of nitrogens with two attached hydrogens (primary N) is 1. The standard InChI is InChI=1S/C16H27N3O/c1-2-12-5-7-13(8-6-12)14-18-15(20-19-14)16(11-17)9-3-4-10-16/h12-13H,2-11,17H2,1H3. The highest BCUT2D eigenvalue weighted by Crippen LogP contribution is 2.41. The lowest BCUT2D eigenvalue weighted by Crippen LogP contribution is -2.32. The van der Waals surface area contributed by atoms with Crippen LogP contribution in [0.5, 0.6) is 0 Å². The molecule has 0 bridgehead atoms. The van der Waals surface area contributed by atoms with E-state index in [1.165, 1.54) is 44.9 Å². The van der Waals surface area contributed by atoms with E-state index in [1.807, 2.05) is 0 Å². The molecule has 1 aromatic heterocycles. The van der Waals surface area contributed by atoms with Crippen LogP contribution >= 0.6 is 0 Å². The molecular formula is C16H27N3O. The number of nitrogens with zero attached hydrogens (tertiary/aromatic N) is 2. The quantitative estimate of drug-likeness (QED) is 0.914. The maximum atomic E-state index is 6.00. The van der Waals surface area contributed by atoms with Crippen molar-refractivity contribution in [1.29, 1.82) is 0 Å². The molecule has 2 N–H and O–H groups in total. The Hall–Kier alpha value is -0.900. The zero-order valence-corrected chi connectivity index (χ0v) is 12.6. The van der Waals surface area contributed by atoms with Crippen molar-refractivity contribution in [3.05, 3.63) is 11.7 Å². The monoisotopic (exact) mass is 277 g/mol. The molecule has 0 spiro atoms. The number of rotatable bonds is 4. The first kappa shape index (κ1) is 14.1. The van der Waals surface area contributed by atoms with Gasteiger partial charge in [0.05, 0.1) is 5.41 Å². The second kappa shape index (κ2) is 5.84. The molecule has 20 heavy (non-hydrogen) atoms. The van der Waals surface area contributed by atoms with Crippen LogP contribution in [0, 0.1) is 5.92 Å². The lowest BCUT2D eigenvalue weighted by Gasteiger charge is -2.25. The van der Waals surface area contributed by atoms with Crippen molar-refractivity contribution in [2.75, 3.05) is 6.54 Å². The summed E-state index contributed by atoms with van der Waals surface area (Å²) >= 11 is 0. The molecule has 112 valence electrons. The third-order valence-electron chi connectivity index (χ3n) is 5.64. The van der Waals surface area contributed by atoms with Gasteiger partial charge in [-0.15, -0.1) is 0 Å². The van der Waals surface area contributed by atoms with Gasteiger partial charge < -0.3 is 10.3 Å². The summed E-state index contributed by atoms with van der Waals surface area (Å²) in [5.41, 5.74) is 5.98. The fourth-order valence-electron chi connectivity index (χ4n) is 4.00. The van der Waals surface area contributed by atoms with Crippen LogP contribution in [0.3, 0.4) is 0 Å². The molecule has 2 aliphatic carbocycles. The van der Waals surface area contributed by atoms with Gasteiger partial charge in [-0.25, -0.2) is 0 Å². The molecule has 2 aliphatic rings. The van der Waals surface area contributed by atoms with Gasteiger partial charge in [-0.3, -0.25) is 0 Å². The van der Waals surface area contributed by atoms with E-state index in [9.17, 15) is 0 Å². The first-order valence-corrected chi connectivity index (χ1v) is 8.31. The summed E-state index contributed by atoms with van der Waals surface area (Å²) in [4.78, 5) is 4.75. The Balaban J connectivity index is 1.71. The van der Waals surface area contributed by atoms with Crippen LogP contribution in [0.15, 0.2) is 4.52 Å². The predicted octanol–water partition coefficient (Wildman–Crippen LogP) is 3.52. The van der Waals surface area contributed by atoms with Gasteiger partial charge in [0, 0.05) is 12.5 Å². The minimum absolute atomic E-state index is 0.0220. The van der Waals surface area contributed by atoms with Gasteiger partial charge in [0.15, 0.2) is 5.82 Å². The van der Waals surface area contributed by atoms with Crippen LogP contribution in [0.2, 0.25) is 0 Å². The largest absolute Gasteiger partial charge is 0.339 e. The van der Waals surface area contributed by atoms with Crippen LogP contribution in [0.25, 0.3) is 0 Å². The fraction of sp³-hybridized carbons (Fsp3) is 0.875. The minimum atomic E-state index is -0.0220. The van der Waals surface area contributed by atoms with Crippen LogP contribution in [-0.2, 0) is 5.41 Å². The highest BCUT2D eigenvalue weighted by atomic mass is 16.5. The summed E-state index contributed by atoms with van der Waals surface area (Å²) in [5, 5.41) is 4.29. The highest BCUT2D eigenvalue weighted by molar-refractivity contribution is 5.10. The van der Waals surface area contributed by atoms with E-state index >= 15 is 0 Å². The van der Waals surface area contributed by atoms with E-state index in [2.05, 4.69) is 12.1 Å². The second-order valence-electron chi connectivity index (χ2n) is 6.78. The molecule has 1 aromatic rings. The first-order valence-electron chi connectivity index (χ1n) is 8.31. The molecule has 4 nitrogen and oxygen atoms in total. The van der Waals surface area contributed by atoms with Crippen molar-refractivity contribution in [1.82, 2.24) is 10.1 Å². The van der Waals surface area contributed by atoms with Gasteiger partial charge in [-0.2, -0.15) is 4.98 Å². The summed E-state index contributed by atoms with van der Waals surface area (Å²) in [6, 6.07) is 0. The molecular weight excluding hydrogens is 250 g/mol. The zero-order chi connectivity index (χ0) is 14.0. The van der Waals surface area contributed by atoms with E-state index < -0.39 is 0 Å². The van der Waals surface area contributed by atoms with E-state index in [-0.39, 0.29) is 5.41 Å². The van der Waals surface area contributed by atoms with Gasteiger partial charge in [-0.05, 0) is 44.4 Å². The normalized spacial score (nSPS) is 29.7. The molecule has 0 amide bonds. The molecule has 0 unspecified atom stereocenters. The fourth-order valence-corrected chi connectivity index (χ4v) is 4.00. The Labute approximate surface area is 121 Å². The molecule has 0 radical (unpaired) electrons. The molecule has 0 saturated heterocycles. The van der Waals surface area contributed by atoms with E-state index in [0.29, 0.717) is 12.5 Å². The Bertz CT molecular complexity index is 429. The average molecular weight is 277 g/mol. The summed E-state index contributed by atoms with van der Waals surface area (Å²) in [6.45, 7) is 2.93. The smallest absolute Gasteiger partial charge is 0.234 e. The Morgan fingerprint density at radius 1 is 1.20 bits per heavy atom. The van der Waals surface area contributed by atoms with E-state index in [1.54, 1.807) is 0 Å². The predicted molar refractivity (Wildman–Crippen MR) is 78.5 cm³/mol. The lowest BCUT2D eigenvalue weighted by atomic mass is 9.80. The topological polar surface area (TPSA) is 64.9 Å². The second-order valence-corrected chi connectivity index (χ2v) is 6.78.